The number of carbonyl (C=O) groups excluding carboxylic acids is 1. The summed E-state index contributed by atoms with van der Waals surface area (Å²) in [7, 11) is 3.16. The number of hydrogen-bond donors (Lipinski definition) is 1. The SMILES string of the molecule is COc1ccc(OC)c(-n2nnc(C(=O)Nc3cc(C(C)(C)C)ccc3OC(C)C)c2C)c1. The number of nitrogens with zero attached hydrogens (tertiary/aromatic N) is 3. The molecular weight excluding hydrogens is 420 g/mol. The summed E-state index contributed by atoms with van der Waals surface area (Å²) in [5, 5.41) is 11.3. The summed E-state index contributed by atoms with van der Waals surface area (Å²) < 4.78 is 18.3. The lowest BCUT2D eigenvalue weighted by Gasteiger charge is -2.22. The van der Waals surface area contributed by atoms with Gasteiger partial charge in [-0.3, -0.25) is 4.79 Å². The van der Waals surface area contributed by atoms with Gasteiger partial charge < -0.3 is 19.5 Å². The number of nitrogens with one attached hydrogen (secondary N) is 1. The van der Waals surface area contributed by atoms with Gasteiger partial charge in [-0.15, -0.1) is 5.10 Å². The third-order valence-corrected chi connectivity index (χ3v) is 5.18. The van der Waals surface area contributed by atoms with E-state index in [2.05, 4.69) is 36.4 Å². The van der Waals surface area contributed by atoms with Gasteiger partial charge in [-0.2, -0.15) is 0 Å². The van der Waals surface area contributed by atoms with Gasteiger partial charge in [0.2, 0.25) is 0 Å². The molecule has 8 heteroatoms. The van der Waals surface area contributed by atoms with E-state index in [-0.39, 0.29) is 23.1 Å². The van der Waals surface area contributed by atoms with E-state index in [1.165, 1.54) is 0 Å². The smallest absolute Gasteiger partial charge is 0.278 e. The predicted octanol–water partition coefficient (Wildman–Crippen LogP) is 4.93. The molecule has 3 aromatic rings. The molecule has 1 N–H and O–H groups in total. The van der Waals surface area contributed by atoms with E-state index in [1.54, 1.807) is 44.0 Å². The van der Waals surface area contributed by atoms with Crippen molar-refractivity contribution in [1.82, 2.24) is 15.0 Å². The second-order valence-corrected chi connectivity index (χ2v) is 9.05. The van der Waals surface area contributed by atoms with Gasteiger partial charge >= 0.3 is 0 Å². The quantitative estimate of drug-likeness (QED) is 0.547. The number of ether oxygens (including phenoxy) is 3. The first-order chi connectivity index (χ1) is 15.5. The first-order valence-electron chi connectivity index (χ1n) is 10.8. The minimum Gasteiger partial charge on any atom is -0.497 e. The van der Waals surface area contributed by atoms with Crippen LogP contribution in [0.1, 0.15) is 56.4 Å². The Bertz CT molecular complexity index is 1150. The maximum Gasteiger partial charge on any atom is 0.278 e. The molecule has 0 fully saturated rings. The van der Waals surface area contributed by atoms with Crippen LogP contribution in [0.3, 0.4) is 0 Å². The van der Waals surface area contributed by atoms with E-state index in [9.17, 15) is 4.79 Å². The van der Waals surface area contributed by atoms with E-state index >= 15 is 0 Å². The second-order valence-electron chi connectivity index (χ2n) is 9.05. The third-order valence-electron chi connectivity index (χ3n) is 5.18. The molecule has 0 aliphatic carbocycles. The molecule has 2 aromatic carbocycles. The number of hydrogen-bond acceptors (Lipinski definition) is 6. The topological polar surface area (TPSA) is 87.5 Å². The number of methoxy groups -OCH3 is 2. The maximum absolute atomic E-state index is 13.2. The van der Waals surface area contributed by atoms with Gasteiger partial charge in [0.1, 0.15) is 22.9 Å². The van der Waals surface area contributed by atoms with Crippen molar-refractivity contribution >= 4 is 11.6 Å². The molecule has 8 nitrogen and oxygen atoms in total. The van der Waals surface area contributed by atoms with Crippen molar-refractivity contribution in [2.75, 3.05) is 19.5 Å². The molecular formula is C25H32N4O4. The number of aromatic nitrogens is 3. The molecule has 0 aliphatic rings. The van der Waals surface area contributed by atoms with E-state index < -0.39 is 0 Å². The van der Waals surface area contributed by atoms with Crippen LogP contribution in [0.25, 0.3) is 5.69 Å². The average Bonchev–Trinajstić information content (AvgIpc) is 3.14. The average molecular weight is 453 g/mol. The Morgan fingerprint density at radius 1 is 1.03 bits per heavy atom. The molecule has 0 unspecified atom stereocenters. The van der Waals surface area contributed by atoms with Gasteiger partial charge in [-0.25, -0.2) is 4.68 Å². The van der Waals surface area contributed by atoms with Crippen molar-refractivity contribution in [2.24, 2.45) is 0 Å². The Labute approximate surface area is 194 Å². The zero-order chi connectivity index (χ0) is 24.3. The van der Waals surface area contributed by atoms with Crippen molar-refractivity contribution in [3.8, 4) is 22.9 Å². The van der Waals surface area contributed by atoms with Crippen LogP contribution in [0.4, 0.5) is 5.69 Å². The fourth-order valence-corrected chi connectivity index (χ4v) is 3.36. The Morgan fingerprint density at radius 2 is 1.73 bits per heavy atom. The summed E-state index contributed by atoms with van der Waals surface area (Å²) in [5.74, 6) is 1.45. The highest BCUT2D eigenvalue weighted by Crippen LogP contribution is 2.33. The van der Waals surface area contributed by atoms with E-state index in [0.717, 1.165) is 5.56 Å². The molecule has 176 valence electrons. The molecule has 3 rings (SSSR count). The van der Waals surface area contributed by atoms with Crippen molar-refractivity contribution in [3.63, 3.8) is 0 Å². The molecule has 0 radical (unpaired) electrons. The summed E-state index contributed by atoms with van der Waals surface area (Å²) in [5.41, 5.74) is 2.98. The van der Waals surface area contributed by atoms with Crippen LogP contribution in [0.15, 0.2) is 36.4 Å². The van der Waals surface area contributed by atoms with Crippen LogP contribution < -0.4 is 19.5 Å². The number of anilines is 1. The first kappa shape index (κ1) is 24.1. The van der Waals surface area contributed by atoms with Crippen molar-refractivity contribution in [3.05, 3.63) is 53.3 Å². The Kier molecular flexibility index (Phi) is 6.95. The molecule has 1 amide bonds. The zero-order valence-corrected chi connectivity index (χ0v) is 20.5. The molecule has 0 atom stereocenters. The minimum absolute atomic E-state index is 0.0377. The van der Waals surface area contributed by atoms with Crippen LogP contribution in [-0.4, -0.2) is 41.2 Å². The molecule has 0 spiro atoms. The van der Waals surface area contributed by atoms with Crippen molar-refractivity contribution in [2.45, 2.75) is 53.1 Å². The number of benzene rings is 2. The predicted molar refractivity (Wildman–Crippen MR) is 128 cm³/mol. The highest BCUT2D eigenvalue weighted by molar-refractivity contribution is 6.04. The third kappa shape index (κ3) is 5.27. The summed E-state index contributed by atoms with van der Waals surface area (Å²) in [6, 6.07) is 11.2. The van der Waals surface area contributed by atoms with Crippen LogP contribution in [0.2, 0.25) is 0 Å². The summed E-state index contributed by atoms with van der Waals surface area (Å²) >= 11 is 0. The van der Waals surface area contributed by atoms with Gasteiger partial charge in [0.15, 0.2) is 5.69 Å². The second kappa shape index (κ2) is 9.52. The van der Waals surface area contributed by atoms with Crippen molar-refractivity contribution < 1.29 is 19.0 Å². The normalized spacial score (nSPS) is 11.4. The van der Waals surface area contributed by atoms with Gasteiger partial charge in [0, 0.05) is 6.07 Å². The van der Waals surface area contributed by atoms with Crippen LogP contribution in [-0.2, 0) is 5.41 Å². The molecule has 0 bridgehead atoms. The summed E-state index contributed by atoms with van der Waals surface area (Å²) in [6.45, 7) is 12.0. The summed E-state index contributed by atoms with van der Waals surface area (Å²) in [6.07, 6.45) is -0.0377. The standard InChI is InChI=1S/C25H32N4O4/c1-15(2)33-21-11-9-17(25(4,5)6)13-19(21)26-24(30)23-16(3)29(28-27-23)20-14-18(31-7)10-12-22(20)32-8/h9-15H,1-8H3,(H,26,30). The van der Waals surface area contributed by atoms with Crippen molar-refractivity contribution in [1.29, 1.82) is 0 Å². The van der Waals surface area contributed by atoms with E-state index in [0.29, 0.717) is 34.3 Å². The molecule has 1 heterocycles. The zero-order valence-electron chi connectivity index (χ0n) is 20.5. The van der Waals surface area contributed by atoms with E-state index in [4.69, 9.17) is 14.2 Å². The molecule has 0 saturated carbocycles. The number of rotatable bonds is 7. The minimum atomic E-state index is -0.375. The Hall–Kier alpha value is -3.55. The summed E-state index contributed by atoms with van der Waals surface area (Å²) in [4.78, 5) is 13.2. The Morgan fingerprint density at radius 3 is 2.33 bits per heavy atom. The van der Waals surface area contributed by atoms with E-state index in [1.807, 2.05) is 32.0 Å². The number of amides is 1. The van der Waals surface area contributed by atoms with Crippen LogP contribution >= 0.6 is 0 Å². The van der Waals surface area contributed by atoms with Crippen LogP contribution in [0, 0.1) is 6.92 Å². The largest absolute Gasteiger partial charge is 0.497 e. The Balaban J connectivity index is 1.98. The molecule has 0 saturated heterocycles. The van der Waals surface area contributed by atoms with Gasteiger partial charge in [0.25, 0.3) is 5.91 Å². The van der Waals surface area contributed by atoms with Gasteiger partial charge in [-0.1, -0.05) is 32.1 Å². The van der Waals surface area contributed by atoms with Gasteiger partial charge in [0.05, 0.1) is 31.7 Å². The maximum atomic E-state index is 13.2. The monoisotopic (exact) mass is 452 g/mol. The lowest BCUT2D eigenvalue weighted by atomic mass is 9.87. The lowest BCUT2D eigenvalue weighted by molar-refractivity contribution is 0.102. The molecule has 0 aliphatic heterocycles. The molecule has 1 aromatic heterocycles. The van der Waals surface area contributed by atoms with Crippen LogP contribution in [0.5, 0.6) is 17.2 Å². The van der Waals surface area contributed by atoms with Gasteiger partial charge in [-0.05, 0) is 56.0 Å². The number of carbonyl (C=O) groups is 1. The highest BCUT2D eigenvalue weighted by atomic mass is 16.5. The fraction of sp³-hybridized carbons (Fsp3) is 0.400. The fourth-order valence-electron chi connectivity index (χ4n) is 3.36. The lowest BCUT2D eigenvalue weighted by Crippen LogP contribution is -2.18. The molecule has 33 heavy (non-hydrogen) atoms. The highest BCUT2D eigenvalue weighted by Gasteiger charge is 2.22. The first-order valence-corrected chi connectivity index (χ1v) is 10.8.